The first kappa shape index (κ1) is 11.4. The van der Waals surface area contributed by atoms with E-state index in [4.69, 9.17) is 9.16 Å². The van der Waals surface area contributed by atoms with Gasteiger partial charge < -0.3 is 9.16 Å². The minimum Gasteiger partial charge on any atom is -0.463 e. The van der Waals surface area contributed by atoms with E-state index in [1.54, 1.807) is 20.1 Å². The Bertz CT molecular complexity index is 156. The van der Waals surface area contributed by atoms with E-state index in [2.05, 4.69) is 0 Å². The lowest BCUT2D eigenvalue weighted by Crippen LogP contribution is -2.14. The quantitative estimate of drug-likeness (QED) is 0.370. The van der Waals surface area contributed by atoms with Crippen LogP contribution in [-0.2, 0) is 14.0 Å². The molecule has 0 atom stereocenters. The first-order valence-electron chi connectivity index (χ1n) is 3.86. The van der Waals surface area contributed by atoms with Gasteiger partial charge in [0.2, 0.25) is 9.04 Å². The first-order valence-corrected chi connectivity index (χ1v) is 5.98. The molecule has 4 heteroatoms. The fraction of sp³-hybridized carbons (Fsp3) is 0.625. The summed E-state index contributed by atoms with van der Waals surface area (Å²) in [6.07, 6.45) is 3.07. The van der Waals surface area contributed by atoms with E-state index in [1.165, 1.54) is 6.08 Å². The SMILES string of the molecule is CC=CC(=O)OCC[Si](C)OC. The fourth-order valence-corrected chi connectivity index (χ4v) is 1.18. The Balaban J connectivity index is 3.37. The molecule has 0 aromatic heterocycles. The van der Waals surface area contributed by atoms with E-state index >= 15 is 0 Å². The lowest BCUT2D eigenvalue weighted by molar-refractivity contribution is -0.137. The molecule has 0 rings (SSSR count). The van der Waals surface area contributed by atoms with Crippen molar-refractivity contribution < 1.29 is 14.0 Å². The molecule has 0 aliphatic heterocycles. The van der Waals surface area contributed by atoms with Gasteiger partial charge in [-0.1, -0.05) is 6.08 Å². The molecule has 0 spiro atoms. The Hall–Kier alpha value is -0.613. The number of carbonyl (C=O) groups excluding carboxylic acids is 1. The van der Waals surface area contributed by atoms with Gasteiger partial charge in [0.05, 0.1) is 6.61 Å². The van der Waals surface area contributed by atoms with Gasteiger partial charge in [0, 0.05) is 19.2 Å². The molecule has 0 saturated carbocycles. The third-order valence-corrected chi connectivity index (χ3v) is 2.95. The topological polar surface area (TPSA) is 35.5 Å². The predicted molar refractivity (Wildman–Crippen MR) is 49.2 cm³/mol. The van der Waals surface area contributed by atoms with Gasteiger partial charge in [0.15, 0.2) is 0 Å². The molecule has 0 saturated heterocycles. The zero-order valence-electron chi connectivity index (χ0n) is 7.79. The average molecular weight is 187 g/mol. The number of ether oxygens (including phenoxy) is 1. The van der Waals surface area contributed by atoms with Gasteiger partial charge >= 0.3 is 5.97 Å². The first-order chi connectivity index (χ1) is 5.70. The maximum atomic E-state index is 10.8. The van der Waals surface area contributed by atoms with Gasteiger partial charge in [-0.15, -0.1) is 0 Å². The number of hydrogen-bond acceptors (Lipinski definition) is 3. The molecule has 12 heavy (non-hydrogen) atoms. The van der Waals surface area contributed by atoms with Crippen LogP contribution in [0, 0.1) is 0 Å². The van der Waals surface area contributed by atoms with Crippen LogP contribution >= 0.6 is 0 Å². The Kier molecular flexibility index (Phi) is 6.70. The Morgan fingerprint density at radius 1 is 1.58 bits per heavy atom. The van der Waals surface area contributed by atoms with E-state index in [0.29, 0.717) is 6.61 Å². The molecule has 0 amide bonds. The second-order valence-electron chi connectivity index (χ2n) is 2.32. The smallest absolute Gasteiger partial charge is 0.330 e. The summed E-state index contributed by atoms with van der Waals surface area (Å²) in [5.74, 6) is -0.275. The number of carbonyl (C=O) groups is 1. The Labute approximate surface area is 75.1 Å². The molecule has 0 unspecified atom stereocenters. The molecule has 0 aliphatic rings. The number of allylic oxidation sites excluding steroid dienone is 1. The lowest BCUT2D eigenvalue weighted by Gasteiger charge is -2.05. The standard InChI is InChI=1S/C8H15O3Si/c1-4-5-8(9)11-6-7-12(3)10-2/h4-5H,6-7H2,1-3H3. The van der Waals surface area contributed by atoms with Crippen molar-refractivity contribution in [2.75, 3.05) is 13.7 Å². The number of hydrogen-bond donors (Lipinski definition) is 0. The molecule has 69 valence electrons. The van der Waals surface area contributed by atoms with Crippen LogP contribution in [0.2, 0.25) is 12.6 Å². The summed E-state index contributed by atoms with van der Waals surface area (Å²) in [7, 11) is 0.942. The van der Waals surface area contributed by atoms with Gasteiger partial charge in [-0.05, 0) is 13.5 Å². The van der Waals surface area contributed by atoms with E-state index in [-0.39, 0.29) is 5.97 Å². The van der Waals surface area contributed by atoms with E-state index < -0.39 is 9.04 Å². The van der Waals surface area contributed by atoms with Crippen molar-refractivity contribution in [1.82, 2.24) is 0 Å². The summed E-state index contributed by atoms with van der Waals surface area (Å²) in [5.41, 5.74) is 0. The average Bonchev–Trinajstić information content (AvgIpc) is 2.04. The van der Waals surface area contributed by atoms with Crippen molar-refractivity contribution >= 4 is 15.0 Å². The van der Waals surface area contributed by atoms with Crippen molar-refractivity contribution in [2.24, 2.45) is 0 Å². The maximum absolute atomic E-state index is 10.8. The second-order valence-corrected chi connectivity index (χ2v) is 4.64. The van der Waals surface area contributed by atoms with E-state index in [9.17, 15) is 4.79 Å². The second kappa shape index (κ2) is 7.06. The van der Waals surface area contributed by atoms with Gasteiger partial charge in [0.1, 0.15) is 0 Å². The van der Waals surface area contributed by atoms with Crippen LogP contribution in [0.25, 0.3) is 0 Å². The molecule has 0 heterocycles. The van der Waals surface area contributed by atoms with Crippen LogP contribution < -0.4 is 0 Å². The van der Waals surface area contributed by atoms with Crippen LogP contribution in [0.5, 0.6) is 0 Å². The van der Waals surface area contributed by atoms with Crippen LogP contribution in [0.15, 0.2) is 12.2 Å². The third kappa shape index (κ3) is 6.12. The van der Waals surface area contributed by atoms with Crippen molar-refractivity contribution in [3.63, 3.8) is 0 Å². The molecular formula is C8H15O3Si. The van der Waals surface area contributed by atoms with Crippen LogP contribution in [0.4, 0.5) is 0 Å². The minimum atomic E-state index is -0.741. The highest BCUT2D eigenvalue weighted by molar-refractivity contribution is 6.50. The largest absolute Gasteiger partial charge is 0.463 e. The van der Waals surface area contributed by atoms with Crippen LogP contribution in [0.3, 0.4) is 0 Å². The van der Waals surface area contributed by atoms with Crippen molar-refractivity contribution in [3.8, 4) is 0 Å². The zero-order valence-corrected chi connectivity index (χ0v) is 8.79. The summed E-state index contributed by atoms with van der Waals surface area (Å²) in [6, 6.07) is 0.838. The zero-order chi connectivity index (χ0) is 9.40. The van der Waals surface area contributed by atoms with Gasteiger partial charge in [0.25, 0.3) is 0 Å². The predicted octanol–water partition coefficient (Wildman–Crippen LogP) is 1.37. The summed E-state index contributed by atoms with van der Waals surface area (Å²) >= 11 is 0. The van der Waals surface area contributed by atoms with Gasteiger partial charge in [-0.3, -0.25) is 0 Å². The number of esters is 1. The Morgan fingerprint density at radius 2 is 2.25 bits per heavy atom. The molecule has 0 bridgehead atoms. The van der Waals surface area contributed by atoms with E-state index in [0.717, 1.165) is 6.04 Å². The summed E-state index contributed by atoms with van der Waals surface area (Å²) in [6.45, 7) is 4.28. The van der Waals surface area contributed by atoms with Gasteiger partial charge in [-0.2, -0.15) is 0 Å². The Morgan fingerprint density at radius 3 is 2.75 bits per heavy atom. The monoisotopic (exact) mass is 187 g/mol. The molecule has 0 aromatic carbocycles. The molecule has 0 N–H and O–H groups in total. The molecule has 0 fully saturated rings. The molecule has 0 aromatic rings. The highest BCUT2D eigenvalue weighted by Gasteiger charge is 2.04. The summed E-state index contributed by atoms with van der Waals surface area (Å²) < 4.78 is 9.96. The summed E-state index contributed by atoms with van der Waals surface area (Å²) in [5, 5.41) is 0. The fourth-order valence-electron chi connectivity index (χ4n) is 0.582. The van der Waals surface area contributed by atoms with Crippen LogP contribution in [-0.4, -0.2) is 28.7 Å². The molecular weight excluding hydrogens is 172 g/mol. The van der Waals surface area contributed by atoms with Crippen molar-refractivity contribution in [2.45, 2.75) is 19.5 Å². The van der Waals surface area contributed by atoms with Crippen molar-refractivity contribution in [1.29, 1.82) is 0 Å². The minimum absolute atomic E-state index is 0.275. The molecule has 3 nitrogen and oxygen atoms in total. The normalized spacial score (nSPS) is 11.0. The highest BCUT2D eigenvalue weighted by Crippen LogP contribution is 1.93. The highest BCUT2D eigenvalue weighted by atomic mass is 28.3. The molecule has 1 radical (unpaired) electrons. The molecule has 0 aliphatic carbocycles. The van der Waals surface area contributed by atoms with Gasteiger partial charge in [-0.25, -0.2) is 4.79 Å². The third-order valence-electron chi connectivity index (χ3n) is 1.35. The van der Waals surface area contributed by atoms with E-state index in [1.807, 2.05) is 6.55 Å². The number of rotatable bonds is 5. The van der Waals surface area contributed by atoms with Crippen LogP contribution in [0.1, 0.15) is 6.92 Å². The maximum Gasteiger partial charge on any atom is 0.330 e. The lowest BCUT2D eigenvalue weighted by atomic mass is 10.5. The summed E-state index contributed by atoms with van der Waals surface area (Å²) in [4.78, 5) is 10.8. The van der Waals surface area contributed by atoms with Crippen molar-refractivity contribution in [3.05, 3.63) is 12.2 Å².